The van der Waals surface area contributed by atoms with E-state index < -0.39 is 11.6 Å². The normalized spacial score (nSPS) is 27.6. The van der Waals surface area contributed by atoms with E-state index in [1.807, 2.05) is 7.05 Å². The van der Waals surface area contributed by atoms with Crippen LogP contribution in [0.4, 0.5) is 8.78 Å². The van der Waals surface area contributed by atoms with Crippen molar-refractivity contribution < 1.29 is 8.78 Å². The first-order chi connectivity index (χ1) is 7.45. The van der Waals surface area contributed by atoms with Crippen LogP contribution >= 0.6 is 0 Å². The van der Waals surface area contributed by atoms with Gasteiger partial charge in [-0.15, -0.1) is 0 Å². The van der Waals surface area contributed by atoms with Gasteiger partial charge in [0, 0.05) is 12.1 Å². The monoisotopic (exact) mass is 225 g/mol. The van der Waals surface area contributed by atoms with Crippen LogP contribution in [0.1, 0.15) is 31.7 Å². The number of nitrogens with one attached hydrogen (secondary N) is 1. The highest BCUT2D eigenvalue weighted by atomic mass is 19.1. The molecular formula is C13H17F2N. The first-order valence-electron chi connectivity index (χ1n) is 5.58. The van der Waals surface area contributed by atoms with Crippen molar-refractivity contribution in [2.45, 2.75) is 32.2 Å². The lowest BCUT2D eigenvalue weighted by Gasteiger charge is -2.52. The van der Waals surface area contributed by atoms with Crippen LogP contribution in [0, 0.1) is 17.0 Å². The van der Waals surface area contributed by atoms with Crippen LogP contribution in [-0.4, -0.2) is 13.1 Å². The summed E-state index contributed by atoms with van der Waals surface area (Å²) in [5.41, 5.74) is 0.823. The molecule has 88 valence electrons. The lowest BCUT2D eigenvalue weighted by molar-refractivity contribution is 0.0748. The first kappa shape index (κ1) is 11.5. The predicted molar refractivity (Wildman–Crippen MR) is 60.3 cm³/mol. The Balaban J connectivity index is 2.27. The maximum atomic E-state index is 13.1. The molecule has 1 fully saturated rings. The van der Waals surface area contributed by atoms with Gasteiger partial charge in [0.2, 0.25) is 0 Å². The molecular weight excluding hydrogens is 208 g/mol. The van der Waals surface area contributed by atoms with Crippen molar-refractivity contribution in [1.29, 1.82) is 0 Å². The standard InChI is InChI=1S/C13H17F2N/c1-13(2)11(7-12(13)16-3)8-4-9(14)6-10(15)5-8/h4-6,11-12,16H,7H2,1-3H3. The fourth-order valence-corrected chi connectivity index (χ4v) is 2.76. The highest BCUT2D eigenvalue weighted by Gasteiger charge is 2.47. The second-order valence-electron chi connectivity index (χ2n) is 5.15. The van der Waals surface area contributed by atoms with Gasteiger partial charge in [0.15, 0.2) is 0 Å². The molecule has 0 heterocycles. The number of halogens is 2. The Labute approximate surface area is 94.9 Å². The molecule has 2 rings (SSSR count). The van der Waals surface area contributed by atoms with Gasteiger partial charge in [0.05, 0.1) is 0 Å². The zero-order valence-electron chi connectivity index (χ0n) is 9.85. The van der Waals surface area contributed by atoms with Gasteiger partial charge in [-0.2, -0.15) is 0 Å². The van der Waals surface area contributed by atoms with Crippen LogP contribution in [0.3, 0.4) is 0 Å². The van der Waals surface area contributed by atoms with E-state index in [9.17, 15) is 8.78 Å². The van der Waals surface area contributed by atoms with E-state index in [2.05, 4.69) is 19.2 Å². The van der Waals surface area contributed by atoms with Crippen molar-refractivity contribution in [2.24, 2.45) is 5.41 Å². The Morgan fingerprint density at radius 1 is 1.19 bits per heavy atom. The van der Waals surface area contributed by atoms with E-state index in [-0.39, 0.29) is 11.3 Å². The topological polar surface area (TPSA) is 12.0 Å². The Kier molecular flexibility index (Phi) is 2.74. The highest BCUT2D eigenvalue weighted by Crippen LogP contribution is 2.52. The lowest BCUT2D eigenvalue weighted by atomic mass is 9.56. The van der Waals surface area contributed by atoms with Gasteiger partial charge < -0.3 is 5.32 Å². The summed E-state index contributed by atoms with van der Waals surface area (Å²) in [5.74, 6) is -0.743. The van der Waals surface area contributed by atoms with Crippen LogP contribution in [0.2, 0.25) is 0 Å². The largest absolute Gasteiger partial charge is 0.316 e. The van der Waals surface area contributed by atoms with Crippen LogP contribution in [-0.2, 0) is 0 Å². The zero-order chi connectivity index (χ0) is 11.9. The quantitative estimate of drug-likeness (QED) is 0.815. The van der Waals surface area contributed by atoms with Crippen molar-refractivity contribution in [3.8, 4) is 0 Å². The van der Waals surface area contributed by atoms with Gasteiger partial charge in [-0.05, 0) is 42.5 Å². The number of hydrogen-bond donors (Lipinski definition) is 1. The summed E-state index contributed by atoms with van der Waals surface area (Å²) in [4.78, 5) is 0. The van der Waals surface area contributed by atoms with E-state index in [1.54, 1.807) is 0 Å². The van der Waals surface area contributed by atoms with Gasteiger partial charge >= 0.3 is 0 Å². The molecule has 1 aliphatic carbocycles. The number of hydrogen-bond acceptors (Lipinski definition) is 1. The molecule has 2 atom stereocenters. The minimum absolute atomic E-state index is 0.0506. The summed E-state index contributed by atoms with van der Waals surface area (Å²) in [6, 6.07) is 4.23. The third-order valence-electron chi connectivity index (χ3n) is 3.90. The molecule has 0 radical (unpaired) electrons. The van der Waals surface area contributed by atoms with Gasteiger partial charge in [-0.25, -0.2) is 8.78 Å². The van der Waals surface area contributed by atoms with E-state index in [0.29, 0.717) is 6.04 Å². The lowest BCUT2D eigenvalue weighted by Crippen LogP contribution is -2.54. The molecule has 2 unspecified atom stereocenters. The summed E-state index contributed by atoms with van der Waals surface area (Å²) < 4.78 is 26.2. The Hall–Kier alpha value is -0.960. The van der Waals surface area contributed by atoms with Gasteiger partial charge in [0.1, 0.15) is 11.6 Å². The van der Waals surface area contributed by atoms with Gasteiger partial charge in [-0.3, -0.25) is 0 Å². The average Bonchev–Trinajstić information content (AvgIpc) is 2.15. The molecule has 0 bridgehead atoms. The van der Waals surface area contributed by atoms with Crippen molar-refractivity contribution in [1.82, 2.24) is 5.32 Å². The summed E-state index contributed by atoms with van der Waals surface area (Å²) in [5, 5.41) is 3.23. The van der Waals surface area contributed by atoms with Crippen LogP contribution in [0.25, 0.3) is 0 Å². The minimum Gasteiger partial charge on any atom is -0.316 e. The van der Waals surface area contributed by atoms with Crippen LogP contribution < -0.4 is 5.32 Å². The molecule has 16 heavy (non-hydrogen) atoms. The molecule has 1 N–H and O–H groups in total. The van der Waals surface area contributed by atoms with Gasteiger partial charge in [-0.1, -0.05) is 13.8 Å². The summed E-state index contributed by atoms with van der Waals surface area (Å²) >= 11 is 0. The molecule has 1 saturated carbocycles. The SMILES string of the molecule is CNC1CC(c2cc(F)cc(F)c2)C1(C)C. The molecule has 1 aromatic carbocycles. The Bertz CT molecular complexity index is 381. The Morgan fingerprint density at radius 2 is 1.75 bits per heavy atom. The van der Waals surface area contributed by atoms with E-state index >= 15 is 0 Å². The zero-order valence-corrected chi connectivity index (χ0v) is 9.85. The van der Waals surface area contributed by atoms with Crippen molar-refractivity contribution in [3.63, 3.8) is 0 Å². The predicted octanol–water partition coefficient (Wildman–Crippen LogP) is 3.07. The van der Waals surface area contributed by atoms with Crippen molar-refractivity contribution in [2.75, 3.05) is 7.05 Å². The van der Waals surface area contributed by atoms with E-state index in [4.69, 9.17) is 0 Å². The van der Waals surface area contributed by atoms with Gasteiger partial charge in [0.25, 0.3) is 0 Å². The average molecular weight is 225 g/mol. The fraction of sp³-hybridized carbons (Fsp3) is 0.538. The third kappa shape index (κ3) is 1.73. The number of benzene rings is 1. The van der Waals surface area contributed by atoms with Crippen LogP contribution in [0.15, 0.2) is 18.2 Å². The molecule has 1 nitrogen and oxygen atoms in total. The molecule has 3 heteroatoms. The summed E-state index contributed by atoms with van der Waals surface area (Å²) in [6.07, 6.45) is 0.937. The van der Waals surface area contributed by atoms with E-state index in [1.165, 1.54) is 12.1 Å². The Morgan fingerprint density at radius 3 is 2.19 bits per heavy atom. The third-order valence-corrected chi connectivity index (χ3v) is 3.90. The smallest absolute Gasteiger partial charge is 0.126 e. The molecule has 0 aromatic heterocycles. The second-order valence-corrected chi connectivity index (χ2v) is 5.15. The fourth-order valence-electron chi connectivity index (χ4n) is 2.76. The van der Waals surface area contributed by atoms with Crippen molar-refractivity contribution in [3.05, 3.63) is 35.4 Å². The molecule has 0 aliphatic heterocycles. The number of rotatable bonds is 2. The second kappa shape index (κ2) is 3.81. The minimum atomic E-state index is -0.487. The summed E-state index contributed by atoms with van der Waals surface area (Å²) in [7, 11) is 1.93. The van der Waals surface area contributed by atoms with Crippen LogP contribution in [0.5, 0.6) is 0 Å². The maximum Gasteiger partial charge on any atom is 0.126 e. The highest BCUT2D eigenvalue weighted by molar-refractivity contribution is 5.28. The van der Waals surface area contributed by atoms with Crippen molar-refractivity contribution >= 4 is 0 Å². The summed E-state index contributed by atoms with van der Waals surface area (Å²) in [6.45, 7) is 4.26. The molecule has 0 saturated heterocycles. The molecule has 1 aliphatic rings. The first-order valence-corrected chi connectivity index (χ1v) is 5.58. The van der Waals surface area contributed by atoms with E-state index in [0.717, 1.165) is 18.1 Å². The molecule has 1 aromatic rings. The molecule has 0 spiro atoms. The maximum absolute atomic E-state index is 13.1. The molecule has 0 amide bonds.